The summed E-state index contributed by atoms with van der Waals surface area (Å²) in [6.07, 6.45) is 1.59. The topological polar surface area (TPSA) is 76.8 Å². The van der Waals surface area contributed by atoms with Crippen LogP contribution in [0.5, 0.6) is 5.75 Å². The first-order chi connectivity index (χ1) is 13.1. The highest BCUT2D eigenvalue weighted by Crippen LogP contribution is 2.23. The molecule has 0 aliphatic rings. The van der Waals surface area contributed by atoms with Crippen LogP contribution in [0.4, 0.5) is 11.4 Å². The number of anilines is 1. The zero-order valence-electron chi connectivity index (χ0n) is 14.2. The smallest absolute Gasteiger partial charge is 0.269 e. The molecule has 0 amide bonds. The van der Waals surface area contributed by atoms with E-state index in [-0.39, 0.29) is 5.69 Å². The van der Waals surface area contributed by atoms with Crippen LogP contribution in [-0.2, 0) is 6.61 Å². The molecule has 0 fully saturated rings. The van der Waals surface area contributed by atoms with Crippen LogP contribution in [0.2, 0.25) is 5.02 Å². The Kier molecular flexibility index (Phi) is 6.02. The second-order valence-corrected chi connectivity index (χ2v) is 6.07. The molecule has 0 heterocycles. The first-order valence-corrected chi connectivity index (χ1v) is 8.49. The molecule has 0 bridgehead atoms. The minimum absolute atomic E-state index is 0.0240. The summed E-state index contributed by atoms with van der Waals surface area (Å²) >= 11 is 6.08. The van der Waals surface area contributed by atoms with Crippen LogP contribution in [0.1, 0.15) is 11.1 Å². The van der Waals surface area contributed by atoms with E-state index in [1.807, 2.05) is 30.3 Å². The van der Waals surface area contributed by atoms with Gasteiger partial charge in [-0.1, -0.05) is 41.9 Å². The van der Waals surface area contributed by atoms with Crippen molar-refractivity contribution >= 4 is 29.2 Å². The summed E-state index contributed by atoms with van der Waals surface area (Å²) in [4.78, 5) is 10.2. The Morgan fingerprint density at radius 2 is 1.81 bits per heavy atom. The third kappa shape index (κ3) is 5.29. The van der Waals surface area contributed by atoms with E-state index >= 15 is 0 Å². The third-order valence-electron chi connectivity index (χ3n) is 3.68. The highest BCUT2D eigenvalue weighted by Gasteiger charge is 2.05. The van der Waals surface area contributed by atoms with Crippen LogP contribution in [-0.4, -0.2) is 11.1 Å². The predicted octanol–water partition coefficient (Wildman–Crippen LogP) is 5.27. The van der Waals surface area contributed by atoms with Gasteiger partial charge in [-0.2, -0.15) is 5.10 Å². The predicted molar refractivity (Wildman–Crippen MR) is 107 cm³/mol. The van der Waals surface area contributed by atoms with Crippen LogP contribution in [0.15, 0.2) is 77.9 Å². The molecule has 136 valence electrons. The Morgan fingerprint density at radius 3 is 2.52 bits per heavy atom. The summed E-state index contributed by atoms with van der Waals surface area (Å²) in [6.45, 7) is 0.430. The molecule has 0 saturated carbocycles. The SMILES string of the molecule is O=[N+]([O-])c1ccc(NN=Cc2cc(Cl)ccc2OCc2ccccc2)cc1. The number of nitro benzene ring substituents is 1. The first-order valence-electron chi connectivity index (χ1n) is 8.11. The number of ether oxygens (including phenoxy) is 1. The normalized spacial score (nSPS) is 10.7. The van der Waals surface area contributed by atoms with E-state index in [1.165, 1.54) is 12.1 Å². The lowest BCUT2D eigenvalue weighted by Crippen LogP contribution is -1.99. The lowest BCUT2D eigenvalue weighted by atomic mass is 10.2. The molecule has 0 atom stereocenters. The molecule has 0 aromatic heterocycles. The van der Waals surface area contributed by atoms with E-state index in [2.05, 4.69) is 10.5 Å². The van der Waals surface area contributed by atoms with Gasteiger partial charge in [-0.05, 0) is 35.9 Å². The fourth-order valence-corrected chi connectivity index (χ4v) is 2.50. The second kappa shape index (κ2) is 8.82. The largest absolute Gasteiger partial charge is 0.488 e. The van der Waals surface area contributed by atoms with Gasteiger partial charge in [-0.15, -0.1) is 0 Å². The minimum Gasteiger partial charge on any atom is -0.488 e. The molecule has 0 spiro atoms. The maximum atomic E-state index is 10.7. The van der Waals surface area contributed by atoms with Gasteiger partial charge in [0.1, 0.15) is 12.4 Å². The quantitative estimate of drug-likeness (QED) is 0.343. The summed E-state index contributed by atoms with van der Waals surface area (Å²) in [5.74, 6) is 0.650. The Bertz CT molecular complexity index is 944. The molecule has 3 aromatic rings. The van der Waals surface area contributed by atoms with E-state index in [9.17, 15) is 10.1 Å². The van der Waals surface area contributed by atoms with E-state index in [1.54, 1.807) is 36.5 Å². The third-order valence-corrected chi connectivity index (χ3v) is 3.92. The molecule has 1 N–H and O–H groups in total. The maximum absolute atomic E-state index is 10.7. The molecule has 0 radical (unpaired) electrons. The molecule has 0 saturated heterocycles. The molecule has 6 nitrogen and oxygen atoms in total. The van der Waals surface area contributed by atoms with E-state index in [0.29, 0.717) is 28.6 Å². The van der Waals surface area contributed by atoms with E-state index < -0.39 is 4.92 Å². The summed E-state index contributed by atoms with van der Waals surface area (Å²) in [6, 6.07) is 21.1. The number of nitrogens with one attached hydrogen (secondary N) is 1. The molecular weight excluding hydrogens is 366 g/mol. The van der Waals surface area contributed by atoms with Gasteiger partial charge in [0.25, 0.3) is 5.69 Å². The van der Waals surface area contributed by atoms with Crippen molar-refractivity contribution in [3.63, 3.8) is 0 Å². The summed E-state index contributed by atoms with van der Waals surface area (Å²) in [5.41, 5.74) is 5.25. The van der Waals surface area contributed by atoms with Crippen molar-refractivity contribution in [1.29, 1.82) is 0 Å². The van der Waals surface area contributed by atoms with Crippen molar-refractivity contribution in [1.82, 2.24) is 0 Å². The Balaban J connectivity index is 1.68. The zero-order valence-corrected chi connectivity index (χ0v) is 15.0. The molecule has 27 heavy (non-hydrogen) atoms. The first kappa shape index (κ1) is 18.4. The lowest BCUT2D eigenvalue weighted by Gasteiger charge is -2.09. The summed E-state index contributed by atoms with van der Waals surface area (Å²) < 4.78 is 5.87. The minimum atomic E-state index is -0.449. The van der Waals surface area contributed by atoms with Crippen LogP contribution in [0.25, 0.3) is 0 Å². The van der Waals surface area contributed by atoms with Crippen LogP contribution in [0, 0.1) is 10.1 Å². The van der Waals surface area contributed by atoms with Gasteiger partial charge in [0.15, 0.2) is 0 Å². The van der Waals surface area contributed by atoms with Gasteiger partial charge >= 0.3 is 0 Å². The number of hydrazone groups is 1. The molecule has 7 heteroatoms. The fraction of sp³-hybridized carbons (Fsp3) is 0.0500. The number of nitro groups is 1. The molecule has 3 rings (SSSR count). The fourth-order valence-electron chi connectivity index (χ4n) is 2.32. The van der Waals surface area contributed by atoms with E-state index in [4.69, 9.17) is 16.3 Å². The average molecular weight is 382 g/mol. The number of halogens is 1. The summed E-state index contributed by atoms with van der Waals surface area (Å²) in [7, 11) is 0. The van der Waals surface area contributed by atoms with Gasteiger partial charge in [0.2, 0.25) is 0 Å². The van der Waals surface area contributed by atoms with Gasteiger partial charge < -0.3 is 4.74 Å². The number of nitrogens with zero attached hydrogens (tertiary/aromatic N) is 2. The van der Waals surface area contributed by atoms with Gasteiger partial charge in [0, 0.05) is 22.7 Å². The van der Waals surface area contributed by atoms with Crippen LogP contribution in [0.3, 0.4) is 0 Å². The molecule has 3 aromatic carbocycles. The lowest BCUT2D eigenvalue weighted by molar-refractivity contribution is -0.384. The molecular formula is C20H16ClN3O3. The number of hydrogen-bond acceptors (Lipinski definition) is 5. The zero-order chi connectivity index (χ0) is 19.1. The van der Waals surface area contributed by atoms with Crippen LogP contribution >= 0.6 is 11.6 Å². The van der Waals surface area contributed by atoms with Gasteiger partial charge in [0.05, 0.1) is 16.8 Å². The van der Waals surface area contributed by atoms with Crippen molar-refractivity contribution < 1.29 is 9.66 Å². The number of rotatable bonds is 7. The molecule has 0 unspecified atom stereocenters. The van der Waals surface area contributed by atoms with Gasteiger partial charge in [-0.25, -0.2) is 0 Å². The van der Waals surface area contributed by atoms with Crippen molar-refractivity contribution in [2.24, 2.45) is 5.10 Å². The van der Waals surface area contributed by atoms with E-state index in [0.717, 1.165) is 5.56 Å². The number of hydrogen-bond donors (Lipinski definition) is 1. The number of benzene rings is 3. The standard InChI is InChI=1S/C20H16ClN3O3/c21-17-6-11-20(27-14-15-4-2-1-3-5-15)16(12-17)13-22-23-18-7-9-19(10-8-18)24(25)26/h1-13,23H,14H2. The van der Waals surface area contributed by atoms with Crippen molar-refractivity contribution in [3.8, 4) is 5.75 Å². The van der Waals surface area contributed by atoms with Crippen molar-refractivity contribution in [3.05, 3.63) is 99.1 Å². The van der Waals surface area contributed by atoms with Gasteiger partial charge in [-0.3, -0.25) is 15.5 Å². The Labute approximate surface area is 161 Å². The Hall–Kier alpha value is -3.38. The van der Waals surface area contributed by atoms with Crippen molar-refractivity contribution in [2.45, 2.75) is 6.61 Å². The Morgan fingerprint density at radius 1 is 1.07 bits per heavy atom. The highest BCUT2D eigenvalue weighted by molar-refractivity contribution is 6.30. The average Bonchev–Trinajstić information content (AvgIpc) is 2.68. The molecule has 0 aliphatic heterocycles. The van der Waals surface area contributed by atoms with Crippen LogP contribution < -0.4 is 10.2 Å². The second-order valence-electron chi connectivity index (χ2n) is 5.63. The maximum Gasteiger partial charge on any atom is 0.269 e. The summed E-state index contributed by atoms with van der Waals surface area (Å²) in [5, 5.41) is 15.4. The van der Waals surface area contributed by atoms with Crippen molar-refractivity contribution in [2.75, 3.05) is 5.43 Å². The highest BCUT2D eigenvalue weighted by atomic mass is 35.5. The monoisotopic (exact) mass is 381 g/mol. The molecule has 0 aliphatic carbocycles. The number of non-ortho nitro benzene ring substituents is 1.